The number of thiophene rings is 1. The number of rotatable bonds is 3. The summed E-state index contributed by atoms with van der Waals surface area (Å²) in [6, 6.07) is 3.98. The Hall–Kier alpha value is -1.36. The van der Waals surface area contributed by atoms with Gasteiger partial charge in [-0.15, -0.1) is 11.3 Å². The molecule has 1 saturated heterocycles. The van der Waals surface area contributed by atoms with Gasteiger partial charge in [0.1, 0.15) is 0 Å². The minimum Gasteiger partial charge on any atom is -0.342 e. The lowest BCUT2D eigenvalue weighted by molar-refractivity contribution is -0.139. The van der Waals surface area contributed by atoms with Gasteiger partial charge in [-0.1, -0.05) is 6.07 Å². The fraction of sp³-hybridized carbons (Fsp3) is 0.538. The highest BCUT2D eigenvalue weighted by atomic mass is 32.1. The fourth-order valence-electron chi connectivity index (χ4n) is 2.17. The minimum absolute atomic E-state index is 0.149. The first kappa shape index (κ1) is 13.1. The quantitative estimate of drug-likeness (QED) is 0.774. The van der Waals surface area contributed by atoms with Crippen LogP contribution in [-0.2, 0) is 15.0 Å². The van der Waals surface area contributed by atoms with Gasteiger partial charge in [0, 0.05) is 31.1 Å². The topological polar surface area (TPSA) is 40.6 Å². The standard InChI is InChI=1S/C13H18N2O2S/c1-13(2,11-4-3-9-18-11)12(17)15-7-5-14(10-16)6-8-15/h3-4,9-10H,5-8H2,1-2H3. The second-order valence-corrected chi connectivity index (χ2v) is 5.98. The van der Waals surface area contributed by atoms with E-state index in [4.69, 9.17) is 0 Å². The van der Waals surface area contributed by atoms with Gasteiger partial charge in [0.15, 0.2) is 0 Å². The first-order valence-electron chi connectivity index (χ1n) is 6.08. The van der Waals surface area contributed by atoms with E-state index in [1.54, 1.807) is 16.2 Å². The molecule has 1 fully saturated rings. The van der Waals surface area contributed by atoms with Crippen molar-refractivity contribution in [3.05, 3.63) is 22.4 Å². The second-order valence-electron chi connectivity index (χ2n) is 5.04. The number of hydrogen-bond acceptors (Lipinski definition) is 3. The third kappa shape index (κ3) is 2.41. The lowest BCUT2D eigenvalue weighted by Crippen LogP contribution is -2.52. The number of nitrogens with zero attached hydrogens (tertiary/aromatic N) is 2. The van der Waals surface area contributed by atoms with Crippen LogP contribution in [0.4, 0.5) is 0 Å². The van der Waals surface area contributed by atoms with Gasteiger partial charge in [-0.05, 0) is 25.3 Å². The molecule has 98 valence electrons. The normalized spacial score (nSPS) is 16.8. The van der Waals surface area contributed by atoms with E-state index < -0.39 is 5.41 Å². The lowest BCUT2D eigenvalue weighted by atomic mass is 9.89. The Morgan fingerprint density at radius 3 is 2.50 bits per heavy atom. The molecule has 1 aromatic rings. The maximum Gasteiger partial charge on any atom is 0.233 e. The van der Waals surface area contributed by atoms with Gasteiger partial charge in [0.05, 0.1) is 5.41 Å². The molecule has 2 amide bonds. The number of amides is 2. The Kier molecular flexibility index (Phi) is 3.71. The maximum absolute atomic E-state index is 12.5. The summed E-state index contributed by atoms with van der Waals surface area (Å²) in [5.74, 6) is 0.149. The molecule has 0 atom stereocenters. The SMILES string of the molecule is CC(C)(C(=O)N1CCN(C=O)CC1)c1cccs1. The van der Waals surface area contributed by atoms with Gasteiger partial charge in [-0.3, -0.25) is 9.59 Å². The van der Waals surface area contributed by atoms with E-state index in [0.717, 1.165) is 11.3 Å². The third-order valence-electron chi connectivity index (χ3n) is 3.42. The van der Waals surface area contributed by atoms with E-state index in [1.165, 1.54) is 0 Å². The Balaban J connectivity index is 2.06. The van der Waals surface area contributed by atoms with Crippen molar-refractivity contribution in [2.75, 3.05) is 26.2 Å². The van der Waals surface area contributed by atoms with Crippen molar-refractivity contribution in [1.82, 2.24) is 9.80 Å². The molecule has 0 aromatic carbocycles. The molecule has 0 bridgehead atoms. The van der Waals surface area contributed by atoms with Gasteiger partial charge in [-0.2, -0.15) is 0 Å². The van der Waals surface area contributed by atoms with Crippen LogP contribution in [0.3, 0.4) is 0 Å². The molecular weight excluding hydrogens is 248 g/mol. The Bertz CT molecular complexity index is 420. The highest BCUT2D eigenvalue weighted by Crippen LogP contribution is 2.29. The summed E-state index contributed by atoms with van der Waals surface area (Å²) < 4.78 is 0. The van der Waals surface area contributed by atoms with Gasteiger partial charge in [0.25, 0.3) is 0 Å². The summed E-state index contributed by atoms with van der Waals surface area (Å²) in [4.78, 5) is 27.8. The highest BCUT2D eigenvalue weighted by Gasteiger charge is 2.35. The van der Waals surface area contributed by atoms with Gasteiger partial charge >= 0.3 is 0 Å². The minimum atomic E-state index is -0.475. The molecule has 0 saturated carbocycles. The first-order valence-corrected chi connectivity index (χ1v) is 6.96. The smallest absolute Gasteiger partial charge is 0.233 e. The van der Waals surface area contributed by atoms with Crippen molar-refractivity contribution >= 4 is 23.7 Å². The number of piperazine rings is 1. The fourth-order valence-corrected chi connectivity index (χ4v) is 3.01. The van der Waals surface area contributed by atoms with Crippen LogP contribution < -0.4 is 0 Å². The number of carbonyl (C=O) groups excluding carboxylic acids is 2. The largest absolute Gasteiger partial charge is 0.342 e. The van der Waals surface area contributed by atoms with Crippen molar-refractivity contribution in [2.45, 2.75) is 19.3 Å². The van der Waals surface area contributed by atoms with E-state index in [-0.39, 0.29) is 5.91 Å². The summed E-state index contributed by atoms with van der Waals surface area (Å²) in [7, 11) is 0. The summed E-state index contributed by atoms with van der Waals surface area (Å²) in [5, 5.41) is 1.99. The third-order valence-corrected chi connectivity index (χ3v) is 4.62. The van der Waals surface area contributed by atoms with Crippen LogP contribution in [0.25, 0.3) is 0 Å². The molecule has 4 nitrogen and oxygen atoms in total. The molecule has 0 unspecified atom stereocenters. The molecule has 2 rings (SSSR count). The lowest BCUT2D eigenvalue weighted by Gasteiger charge is -2.37. The van der Waals surface area contributed by atoms with Gasteiger partial charge < -0.3 is 9.80 Å². The highest BCUT2D eigenvalue weighted by molar-refractivity contribution is 7.10. The van der Waals surface area contributed by atoms with Crippen molar-refractivity contribution in [1.29, 1.82) is 0 Å². The zero-order valence-electron chi connectivity index (χ0n) is 10.8. The molecule has 1 aliphatic rings. The van der Waals surface area contributed by atoms with Gasteiger partial charge in [0.2, 0.25) is 12.3 Å². The van der Waals surface area contributed by atoms with Crippen LogP contribution in [0.1, 0.15) is 18.7 Å². The predicted molar refractivity (Wildman–Crippen MR) is 71.6 cm³/mol. The average molecular weight is 266 g/mol. The Morgan fingerprint density at radius 2 is 2.00 bits per heavy atom. The number of carbonyl (C=O) groups is 2. The van der Waals surface area contributed by atoms with Crippen LogP contribution in [0.15, 0.2) is 17.5 Å². The molecule has 0 radical (unpaired) electrons. The molecule has 0 N–H and O–H groups in total. The van der Waals surface area contributed by atoms with E-state index in [9.17, 15) is 9.59 Å². The van der Waals surface area contributed by atoms with E-state index in [2.05, 4.69) is 0 Å². The predicted octanol–water partition coefficient (Wildman–Crippen LogP) is 1.33. The molecule has 5 heteroatoms. The van der Waals surface area contributed by atoms with Crippen LogP contribution in [0.5, 0.6) is 0 Å². The van der Waals surface area contributed by atoms with Crippen LogP contribution >= 0.6 is 11.3 Å². The average Bonchev–Trinajstić information content (AvgIpc) is 2.92. The van der Waals surface area contributed by atoms with E-state index in [1.807, 2.05) is 36.3 Å². The maximum atomic E-state index is 12.5. The molecule has 1 aliphatic heterocycles. The van der Waals surface area contributed by atoms with Crippen molar-refractivity contribution in [2.24, 2.45) is 0 Å². The van der Waals surface area contributed by atoms with E-state index in [0.29, 0.717) is 26.2 Å². The summed E-state index contributed by atoms with van der Waals surface area (Å²) in [5.41, 5.74) is -0.475. The monoisotopic (exact) mass is 266 g/mol. The molecule has 1 aromatic heterocycles. The first-order chi connectivity index (χ1) is 8.55. The van der Waals surface area contributed by atoms with Gasteiger partial charge in [-0.25, -0.2) is 0 Å². The summed E-state index contributed by atoms with van der Waals surface area (Å²) in [6.45, 7) is 6.46. The van der Waals surface area contributed by atoms with Crippen LogP contribution in [0, 0.1) is 0 Å². The molecular formula is C13H18N2O2S. The van der Waals surface area contributed by atoms with Crippen molar-refractivity contribution in [3.8, 4) is 0 Å². The Labute approximate surface area is 111 Å². The van der Waals surface area contributed by atoms with Crippen molar-refractivity contribution in [3.63, 3.8) is 0 Å². The van der Waals surface area contributed by atoms with Crippen LogP contribution in [0.2, 0.25) is 0 Å². The summed E-state index contributed by atoms with van der Waals surface area (Å²) >= 11 is 1.61. The molecule has 0 aliphatic carbocycles. The molecule has 18 heavy (non-hydrogen) atoms. The van der Waals surface area contributed by atoms with Crippen LogP contribution in [-0.4, -0.2) is 48.3 Å². The summed E-state index contributed by atoms with van der Waals surface area (Å²) in [6.07, 6.45) is 0.853. The molecule has 2 heterocycles. The number of hydrogen-bond donors (Lipinski definition) is 0. The van der Waals surface area contributed by atoms with Crippen molar-refractivity contribution < 1.29 is 9.59 Å². The second kappa shape index (κ2) is 5.10. The molecule has 0 spiro atoms. The zero-order chi connectivity index (χ0) is 13.2. The zero-order valence-corrected chi connectivity index (χ0v) is 11.6. The van der Waals surface area contributed by atoms with E-state index >= 15 is 0 Å². The Morgan fingerprint density at radius 1 is 1.33 bits per heavy atom.